The summed E-state index contributed by atoms with van der Waals surface area (Å²) < 4.78 is 25.5. The summed E-state index contributed by atoms with van der Waals surface area (Å²) >= 11 is 1.10. The number of hydrogen-bond donors (Lipinski definition) is 1. The van der Waals surface area contributed by atoms with Crippen molar-refractivity contribution in [1.29, 1.82) is 0 Å². The number of nitrogens with zero attached hydrogens (tertiary/aromatic N) is 2. The van der Waals surface area contributed by atoms with E-state index in [4.69, 9.17) is 9.47 Å². The van der Waals surface area contributed by atoms with E-state index in [-0.39, 0.29) is 16.5 Å². The van der Waals surface area contributed by atoms with E-state index in [1.807, 2.05) is 13.8 Å². The lowest BCUT2D eigenvalue weighted by Gasteiger charge is -2.23. The molecular weight excluding hydrogens is 507 g/mol. The summed E-state index contributed by atoms with van der Waals surface area (Å²) in [4.78, 5) is 32.6. The maximum atomic E-state index is 13.8. The molecule has 1 fully saturated rings. The van der Waals surface area contributed by atoms with Crippen LogP contribution < -0.4 is 14.4 Å². The minimum Gasteiger partial charge on any atom is -0.507 e. The van der Waals surface area contributed by atoms with E-state index in [9.17, 15) is 19.1 Å². The van der Waals surface area contributed by atoms with Crippen molar-refractivity contribution in [2.75, 3.05) is 18.1 Å². The molecule has 1 aromatic heterocycles. The predicted octanol–water partition coefficient (Wildman–Crippen LogP) is 6.25. The van der Waals surface area contributed by atoms with Gasteiger partial charge < -0.3 is 14.6 Å². The third-order valence-corrected chi connectivity index (χ3v) is 7.11. The van der Waals surface area contributed by atoms with E-state index in [1.54, 1.807) is 48.5 Å². The zero-order chi connectivity index (χ0) is 26.8. The Kier molecular flexibility index (Phi) is 7.11. The van der Waals surface area contributed by atoms with Crippen molar-refractivity contribution in [3.63, 3.8) is 0 Å². The molecule has 1 amide bonds. The number of carbonyl (C=O) groups is 2. The molecule has 1 unspecified atom stereocenters. The van der Waals surface area contributed by atoms with Crippen molar-refractivity contribution in [2.24, 2.45) is 0 Å². The molecule has 1 aliphatic rings. The number of amides is 1. The third kappa shape index (κ3) is 4.72. The molecule has 0 aliphatic carbocycles. The van der Waals surface area contributed by atoms with Gasteiger partial charge in [-0.15, -0.1) is 0 Å². The van der Waals surface area contributed by atoms with Crippen molar-refractivity contribution in [1.82, 2.24) is 4.98 Å². The molecule has 3 aromatic carbocycles. The Hall–Kier alpha value is -4.24. The van der Waals surface area contributed by atoms with Gasteiger partial charge in [0.1, 0.15) is 23.1 Å². The topological polar surface area (TPSA) is 89.0 Å². The van der Waals surface area contributed by atoms with Gasteiger partial charge >= 0.3 is 5.91 Å². The van der Waals surface area contributed by atoms with Crippen molar-refractivity contribution in [2.45, 2.75) is 26.3 Å². The number of halogens is 1. The first kappa shape index (κ1) is 25.4. The Bertz CT molecular complexity index is 1530. The molecule has 1 atom stereocenters. The summed E-state index contributed by atoms with van der Waals surface area (Å²) in [7, 11) is 0. The highest BCUT2D eigenvalue weighted by Gasteiger charge is 2.48. The van der Waals surface area contributed by atoms with Gasteiger partial charge in [0, 0.05) is 5.56 Å². The monoisotopic (exact) mass is 532 g/mol. The average molecular weight is 533 g/mol. The van der Waals surface area contributed by atoms with Gasteiger partial charge in [0.25, 0.3) is 5.78 Å². The first-order valence-corrected chi connectivity index (χ1v) is 13.1. The smallest absolute Gasteiger partial charge is 0.301 e. The number of aliphatic hydroxyl groups is 1. The molecule has 0 saturated carbocycles. The van der Waals surface area contributed by atoms with Crippen LogP contribution in [0, 0.1) is 5.82 Å². The number of anilines is 1. The maximum Gasteiger partial charge on any atom is 0.301 e. The number of carbonyl (C=O) groups excluding carboxylic acids is 2. The number of benzene rings is 3. The minimum atomic E-state index is -0.952. The second-order valence-corrected chi connectivity index (χ2v) is 9.66. The van der Waals surface area contributed by atoms with E-state index >= 15 is 0 Å². The fourth-order valence-electron chi connectivity index (χ4n) is 4.33. The van der Waals surface area contributed by atoms with E-state index in [0.717, 1.165) is 17.8 Å². The number of hydrogen-bond acceptors (Lipinski definition) is 7. The summed E-state index contributed by atoms with van der Waals surface area (Å²) in [5, 5.41) is 11.6. The van der Waals surface area contributed by atoms with Gasteiger partial charge in [0.15, 0.2) is 5.13 Å². The SMILES string of the molecule is CCCOc1ccc(/C(O)=C2\C(=O)C(=O)N(c3nc4ccc(F)cc4s3)C2c2ccc(OCC)cc2)cc1. The van der Waals surface area contributed by atoms with Crippen LogP contribution in [0.5, 0.6) is 11.5 Å². The van der Waals surface area contributed by atoms with Crippen molar-refractivity contribution in [3.8, 4) is 11.5 Å². The number of ether oxygens (including phenoxy) is 2. The molecule has 1 aliphatic heterocycles. The van der Waals surface area contributed by atoms with Crippen molar-refractivity contribution in [3.05, 3.63) is 89.2 Å². The number of thiazole rings is 1. The highest BCUT2D eigenvalue weighted by molar-refractivity contribution is 7.22. The zero-order valence-electron chi connectivity index (χ0n) is 20.8. The highest BCUT2D eigenvalue weighted by atomic mass is 32.1. The number of fused-ring (bicyclic) bond motifs is 1. The van der Waals surface area contributed by atoms with Crippen LogP contribution in [0.4, 0.5) is 9.52 Å². The van der Waals surface area contributed by atoms with Gasteiger partial charge in [-0.05, 0) is 73.5 Å². The van der Waals surface area contributed by atoms with Crippen LogP contribution in [0.2, 0.25) is 0 Å². The molecular formula is C29H25FN2O5S. The Morgan fingerprint density at radius 2 is 1.68 bits per heavy atom. The van der Waals surface area contributed by atoms with E-state index in [1.165, 1.54) is 23.1 Å². The number of aliphatic hydroxyl groups excluding tert-OH is 1. The fraction of sp³-hybridized carbons (Fsp3) is 0.207. The Morgan fingerprint density at radius 1 is 1.00 bits per heavy atom. The number of aromatic nitrogens is 1. The number of ketones is 1. The molecule has 194 valence electrons. The van der Waals surface area contributed by atoms with Gasteiger partial charge in [-0.1, -0.05) is 30.4 Å². The van der Waals surface area contributed by atoms with Gasteiger partial charge in [0.2, 0.25) is 0 Å². The van der Waals surface area contributed by atoms with Crippen LogP contribution in [-0.4, -0.2) is 35.0 Å². The van der Waals surface area contributed by atoms with Gasteiger partial charge in [-0.2, -0.15) is 0 Å². The van der Waals surface area contributed by atoms with Gasteiger partial charge in [-0.3, -0.25) is 14.5 Å². The lowest BCUT2D eigenvalue weighted by atomic mass is 9.95. The molecule has 38 heavy (non-hydrogen) atoms. The fourth-order valence-corrected chi connectivity index (χ4v) is 5.35. The van der Waals surface area contributed by atoms with Crippen LogP contribution in [-0.2, 0) is 9.59 Å². The van der Waals surface area contributed by atoms with Gasteiger partial charge in [-0.25, -0.2) is 9.37 Å². The zero-order valence-corrected chi connectivity index (χ0v) is 21.6. The molecule has 1 saturated heterocycles. The Labute approximate surface area is 222 Å². The van der Waals surface area contributed by atoms with E-state index < -0.39 is 23.5 Å². The minimum absolute atomic E-state index is 0.0631. The molecule has 0 bridgehead atoms. The van der Waals surface area contributed by atoms with Gasteiger partial charge in [0.05, 0.1) is 35.0 Å². The molecule has 9 heteroatoms. The molecule has 0 spiro atoms. The highest BCUT2D eigenvalue weighted by Crippen LogP contribution is 2.44. The second-order valence-electron chi connectivity index (χ2n) is 8.65. The summed E-state index contributed by atoms with van der Waals surface area (Å²) in [5.41, 5.74) is 1.39. The van der Waals surface area contributed by atoms with Crippen molar-refractivity contribution >= 4 is 44.1 Å². The Balaban J connectivity index is 1.63. The van der Waals surface area contributed by atoms with Crippen molar-refractivity contribution < 1.29 is 28.6 Å². The van der Waals surface area contributed by atoms with E-state index in [2.05, 4.69) is 4.98 Å². The normalized spacial score (nSPS) is 16.8. The Morgan fingerprint density at radius 3 is 2.37 bits per heavy atom. The average Bonchev–Trinajstić information content (AvgIpc) is 3.45. The second kappa shape index (κ2) is 10.6. The van der Waals surface area contributed by atoms with Crippen LogP contribution in [0.15, 0.2) is 72.3 Å². The number of Topliss-reactive ketones (excluding diaryl/α,β-unsaturated/α-hetero) is 1. The number of rotatable bonds is 8. The van der Waals surface area contributed by atoms with E-state index in [0.29, 0.717) is 46.1 Å². The molecule has 4 aromatic rings. The van der Waals surface area contributed by atoms with Crippen LogP contribution in [0.1, 0.15) is 37.4 Å². The largest absolute Gasteiger partial charge is 0.507 e. The third-order valence-electron chi connectivity index (χ3n) is 6.10. The molecule has 5 rings (SSSR count). The molecule has 2 heterocycles. The quantitative estimate of drug-likeness (QED) is 0.164. The molecule has 7 nitrogen and oxygen atoms in total. The van der Waals surface area contributed by atoms with Crippen LogP contribution in [0.3, 0.4) is 0 Å². The lowest BCUT2D eigenvalue weighted by molar-refractivity contribution is -0.132. The van der Waals surface area contributed by atoms with Crippen LogP contribution >= 0.6 is 11.3 Å². The predicted molar refractivity (Wildman–Crippen MR) is 144 cm³/mol. The summed E-state index contributed by atoms with van der Waals surface area (Å²) in [6.07, 6.45) is 0.853. The molecule has 1 N–H and O–H groups in total. The lowest BCUT2D eigenvalue weighted by Crippen LogP contribution is -2.29. The molecule has 0 radical (unpaired) electrons. The standard InChI is InChI=1S/C29H25FN2O5S/c1-3-15-37-21-12-7-18(8-13-21)26(33)24-25(17-5-10-20(11-6-17)36-4-2)32(28(35)27(24)34)29-31-22-14-9-19(30)16-23(22)38-29/h5-14,16,25,33H,3-4,15H2,1-2H3/b26-24+. The van der Waals surface area contributed by atoms with Crippen LogP contribution in [0.25, 0.3) is 16.0 Å². The first-order valence-electron chi connectivity index (χ1n) is 12.2. The summed E-state index contributed by atoms with van der Waals surface area (Å²) in [6, 6.07) is 16.9. The first-order chi connectivity index (χ1) is 18.4. The maximum absolute atomic E-state index is 13.8. The summed E-state index contributed by atoms with van der Waals surface area (Å²) in [6.45, 7) is 4.91. The summed E-state index contributed by atoms with van der Waals surface area (Å²) in [5.74, 6) is -1.13.